The predicted octanol–water partition coefficient (Wildman–Crippen LogP) is 5.26. The van der Waals surface area contributed by atoms with Crippen LogP contribution in [0.1, 0.15) is 31.2 Å². The summed E-state index contributed by atoms with van der Waals surface area (Å²) in [5.74, 6) is 0. The molecule has 0 heterocycles. The summed E-state index contributed by atoms with van der Waals surface area (Å²) in [6, 6.07) is 6.01. The lowest BCUT2D eigenvalue weighted by molar-refractivity contribution is 0.0129. The Bertz CT molecular complexity index is 424. The zero-order valence-electron chi connectivity index (χ0n) is 10.4. The number of ether oxygens (including phenoxy) is 1. The fraction of sp³-hybridized carbons (Fsp3) is 0.571. The van der Waals surface area contributed by atoms with E-state index in [2.05, 4.69) is 28.7 Å². The Hall–Kier alpha value is 0.490. The average molecular weight is 399 g/mol. The molecule has 0 amide bonds. The normalized spacial score (nSPS) is 28.3. The van der Waals surface area contributed by atoms with Gasteiger partial charge in [-0.15, -0.1) is 0 Å². The van der Waals surface area contributed by atoms with Crippen molar-refractivity contribution in [2.45, 2.75) is 37.2 Å². The predicted molar refractivity (Wildman–Crippen MR) is 86.3 cm³/mol. The van der Waals surface area contributed by atoms with Crippen LogP contribution in [0.4, 0.5) is 0 Å². The van der Waals surface area contributed by atoms with Gasteiger partial charge in [0.1, 0.15) is 0 Å². The molecule has 1 aromatic rings. The van der Waals surface area contributed by atoms with E-state index in [9.17, 15) is 0 Å². The van der Waals surface area contributed by atoms with E-state index >= 15 is 0 Å². The van der Waals surface area contributed by atoms with Crippen LogP contribution in [0, 0.1) is 0 Å². The molecule has 1 aliphatic carbocycles. The molecule has 0 aromatic heterocycles. The Kier molecular flexibility index (Phi) is 5.21. The van der Waals surface area contributed by atoms with Gasteiger partial charge in [0, 0.05) is 17.0 Å². The molecule has 0 N–H and O–H groups in total. The molecule has 0 spiro atoms. The molecule has 2 atom stereocenters. The molecule has 1 aromatic carbocycles. The third-order valence-corrected chi connectivity index (χ3v) is 6.07. The van der Waals surface area contributed by atoms with Gasteiger partial charge in [-0.3, -0.25) is 0 Å². The first-order chi connectivity index (χ1) is 8.64. The van der Waals surface area contributed by atoms with Crippen LogP contribution in [0.2, 0.25) is 10.0 Å². The summed E-state index contributed by atoms with van der Waals surface area (Å²) in [6.45, 7) is 0. The first-order valence-electron chi connectivity index (χ1n) is 6.18. The van der Waals surface area contributed by atoms with Crippen LogP contribution in [-0.2, 0) is 10.2 Å². The van der Waals surface area contributed by atoms with Gasteiger partial charge in [-0.2, -0.15) is 0 Å². The van der Waals surface area contributed by atoms with Crippen LogP contribution < -0.4 is 0 Å². The van der Waals surface area contributed by atoms with Crippen molar-refractivity contribution in [3.05, 3.63) is 33.8 Å². The Balaban J connectivity index is 2.43. The lowest BCUT2D eigenvalue weighted by Gasteiger charge is -2.43. The molecule has 1 aliphatic rings. The summed E-state index contributed by atoms with van der Waals surface area (Å²) in [6.07, 6.45) is 5.06. The fourth-order valence-corrected chi connectivity index (χ4v) is 4.53. The van der Waals surface area contributed by atoms with Crippen molar-refractivity contribution in [2.75, 3.05) is 11.5 Å². The molecule has 0 saturated heterocycles. The second-order valence-corrected chi connectivity index (χ2v) is 6.47. The van der Waals surface area contributed by atoms with Crippen molar-refractivity contribution < 1.29 is 4.74 Å². The zero-order chi connectivity index (χ0) is 13.2. The third kappa shape index (κ3) is 2.67. The van der Waals surface area contributed by atoms with Gasteiger partial charge in [-0.1, -0.05) is 64.7 Å². The topological polar surface area (TPSA) is 9.23 Å². The highest BCUT2D eigenvalue weighted by Gasteiger charge is 2.41. The van der Waals surface area contributed by atoms with Gasteiger partial charge >= 0.3 is 0 Å². The zero-order valence-corrected chi connectivity index (χ0v) is 14.1. The van der Waals surface area contributed by atoms with Gasteiger partial charge in [0.25, 0.3) is 0 Å². The maximum Gasteiger partial charge on any atom is 0.0675 e. The lowest BCUT2D eigenvalue weighted by atomic mass is 9.69. The minimum atomic E-state index is 0.0851. The number of methoxy groups -OCH3 is 1. The van der Waals surface area contributed by atoms with Gasteiger partial charge in [0.2, 0.25) is 0 Å². The molecular weight excluding hydrogens is 382 g/mol. The van der Waals surface area contributed by atoms with E-state index in [0.717, 1.165) is 17.3 Å². The number of benzene rings is 1. The van der Waals surface area contributed by atoms with Gasteiger partial charge in [0.15, 0.2) is 0 Å². The second-order valence-electron chi connectivity index (χ2n) is 4.89. The fourth-order valence-electron chi connectivity index (χ4n) is 2.92. The van der Waals surface area contributed by atoms with Crippen molar-refractivity contribution in [3.63, 3.8) is 0 Å². The summed E-state index contributed by atoms with van der Waals surface area (Å²) in [5, 5.41) is 1.26. The maximum absolute atomic E-state index is 6.17. The molecule has 2 unspecified atom stereocenters. The highest BCUT2D eigenvalue weighted by Crippen LogP contribution is 2.43. The van der Waals surface area contributed by atoms with Crippen LogP contribution in [0.5, 0.6) is 0 Å². The molecule has 1 fully saturated rings. The SMILES string of the molecule is COC1CCCCC1(CI)c1ccc(Cl)c(Cl)c1. The third-order valence-electron chi connectivity index (χ3n) is 3.97. The molecule has 18 heavy (non-hydrogen) atoms. The van der Waals surface area contributed by atoms with Gasteiger partial charge in [0.05, 0.1) is 16.1 Å². The Morgan fingerprint density at radius 3 is 2.72 bits per heavy atom. The van der Waals surface area contributed by atoms with Crippen molar-refractivity contribution in [1.82, 2.24) is 0 Å². The summed E-state index contributed by atoms with van der Waals surface area (Å²) in [4.78, 5) is 0. The van der Waals surface area contributed by atoms with Crippen LogP contribution in [0.25, 0.3) is 0 Å². The molecule has 1 saturated carbocycles. The van der Waals surface area contributed by atoms with Crippen LogP contribution in [0.3, 0.4) is 0 Å². The minimum Gasteiger partial charge on any atom is -0.381 e. The van der Waals surface area contributed by atoms with Gasteiger partial charge in [-0.05, 0) is 30.5 Å². The maximum atomic E-state index is 6.17. The average Bonchev–Trinajstić information content (AvgIpc) is 2.41. The molecular formula is C14H17Cl2IO. The van der Waals surface area contributed by atoms with Crippen LogP contribution in [0.15, 0.2) is 18.2 Å². The first kappa shape index (κ1) is 14.9. The van der Waals surface area contributed by atoms with E-state index in [1.165, 1.54) is 18.4 Å². The smallest absolute Gasteiger partial charge is 0.0675 e. The Morgan fingerprint density at radius 2 is 2.11 bits per heavy atom. The molecule has 4 heteroatoms. The highest BCUT2D eigenvalue weighted by molar-refractivity contribution is 14.1. The Labute approximate surface area is 132 Å². The van der Waals surface area contributed by atoms with Gasteiger partial charge < -0.3 is 4.74 Å². The highest BCUT2D eigenvalue weighted by atomic mass is 127. The molecule has 0 radical (unpaired) electrons. The molecule has 0 aliphatic heterocycles. The van der Waals surface area contributed by atoms with E-state index in [1.807, 2.05) is 19.2 Å². The van der Waals surface area contributed by atoms with E-state index in [4.69, 9.17) is 27.9 Å². The lowest BCUT2D eigenvalue weighted by Crippen LogP contribution is -2.44. The quantitative estimate of drug-likeness (QED) is 0.498. The Morgan fingerprint density at radius 1 is 1.33 bits per heavy atom. The number of halogens is 3. The van der Waals surface area contributed by atoms with Crippen molar-refractivity contribution in [2.24, 2.45) is 0 Å². The summed E-state index contributed by atoms with van der Waals surface area (Å²) in [5.41, 5.74) is 1.35. The van der Waals surface area contributed by atoms with Crippen LogP contribution in [-0.4, -0.2) is 17.6 Å². The summed E-state index contributed by atoms with van der Waals surface area (Å²) in [7, 11) is 1.81. The number of alkyl halides is 1. The minimum absolute atomic E-state index is 0.0851. The molecule has 1 nitrogen and oxygen atoms in total. The standard InChI is InChI=1S/C14H17Cl2IO/c1-18-13-4-2-3-7-14(13,9-17)10-5-6-11(15)12(16)8-10/h5-6,8,13H,2-4,7,9H2,1H3. The first-order valence-corrected chi connectivity index (χ1v) is 8.46. The molecule has 2 rings (SSSR count). The van der Waals surface area contributed by atoms with E-state index < -0.39 is 0 Å². The molecule has 100 valence electrons. The van der Waals surface area contributed by atoms with Crippen LogP contribution >= 0.6 is 45.8 Å². The monoisotopic (exact) mass is 398 g/mol. The van der Waals surface area contributed by atoms with E-state index in [-0.39, 0.29) is 11.5 Å². The van der Waals surface area contributed by atoms with E-state index in [0.29, 0.717) is 10.0 Å². The van der Waals surface area contributed by atoms with E-state index in [1.54, 1.807) is 0 Å². The van der Waals surface area contributed by atoms with Crippen molar-refractivity contribution >= 4 is 45.8 Å². The van der Waals surface area contributed by atoms with Crippen molar-refractivity contribution in [3.8, 4) is 0 Å². The summed E-state index contributed by atoms with van der Waals surface area (Å²) < 4.78 is 6.78. The number of hydrogen-bond acceptors (Lipinski definition) is 1. The molecule has 0 bridgehead atoms. The number of rotatable bonds is 3. The number of hydrogen-bond donors (Lipinski definition) is 0. The second kappa shape index (κ2) is 6.29. The van der Waals surface area contributed by atoms with Gasteiger partial charge in [-0.25, -0.2) is 0 Å². The summed E-state index contributed by atoms with van der Waals surface area (Å²) >= 11 is 14.6. The largest absolute Gasteiger partial charge is 0.381 e. The van der Waals surface area contributed by atoms with Crippen molar-refractivity contribution in [1.29, 1.82) is 0 Å².